The van der Waals surface area contributed by atoms with E-state index in [4.69, 9.17) is 21.1 Å². The van der Waals surface area contributed by atoms with Gasteiger partial charge < -0.3 is 9.47 Å². The first-order chi connectivity index (χ1) is 12.6. The highest BCUT2D eigenvalue weighted by atomic mass is 35.5. The smallest absolute Gasteiger partial charge is 0.433 e. The lowest BCUT2D eigenvalue weighted by Crippen LogP contribution is -2.26. The Morgan fingerprint density at radius 3 is 2.44 bits per heavy atom. The maximum atomic E-state index is 14.4. The number of alkyl halides is 3. The fourth-order valence-electron chi connectivity index (χ4n) is 2.13. The predicted octanol–water partition coefficient (Wildman–Crippen LogP) is 3.62. The van der Waals surface area contributed by atoms with Crippen LogP contribution in [0.3, 0.4) is 0 Å². The van der Waals surface area contributed by atoms with E-state index in [0.717, 1.165) is 12.1 Å². The molecule has 1 heterocycles. The van der Waals surface area contributed by atoms with Gasteiger partial charge in [-0.3, -0.25) is 4.79 Å². The van der Waals surface area contributed by atoms with E-state index in [0.29, 0.717) is 4.57 Å². The first-order valence-electron chi connectivity index (χ1n) is 7.60. The third-order valence-electron chi connectivity index (χ3n) is 3.22. The Morgan fingerprint density at radius 1 is 1.22 bits per heavy atom. The molecule has 0 bridgehead atoms. The summed E-state index contributed by atoms with van der Waals surface area (Å²) >= 11 is 5.82. The van der Waals surface area contributed by atoms with Gasteiger partial charge in [-0.05, 0) is 26.0 Å². The van der Waals surface area contributed by atoms with Gasteiger partial charge >= 0.3 is 18.2 Å². The zero-order valence-corrected chi connectivity index (χ0v) is 14.8. The number of ether oxygens (including phenoxy) is 2. The maximum Gasteiger partial charge on any atom is 0.433 e. The van der Waals surface area contributed by atoms with Crippen molar-refractivity contribution in [2.75, 3.05) is 13.2 Å². The molecule has 0 unspecified atom stereocenters. The number of carbonyl (C=O) groups is 1. The second-order valence-electron chi connectivity index (χ2n) is 5.03. The molecule has 0 atom stereocenters. The van der Waals surface area contributed by atoms with Crippen LogP contribution in [0.15, 0.2) is 23.0 Å². The molecule has 0 aliphatic carbocycles. The van der Waals surface area contributed by atoms with Crippen molar-refractivity contribution < 1.29 is 31.8 Å². The van der Waals surface area contributed by atoms with E-state index in [1.807, 2.05) is 0 Å². The number of aromatic nitrogens is 2. The van der Waals surface area contributed by atoms with Crippen molar-refractivity contribution in [2.45, 2.75) is 20.0 Å². The minimum atomic E-state index is -4.90. The van der Waals surface area contributed by atoms with Crippen LogP contribution in [0.5, 0.6) is 6.01 Å². The van der Waals surface area contributed by atoms with E-state index in [1.165, 1.54) is 13.8 Å². The molecule has 0 fully saturated rings. The molecule has 0 aliphatic heterocycles. The lowest BCUT2D eigenvalue weighted by molar-refractivity contribution is -0.141. The van der Waals surface area contributed by atoms with Crippen LogP contribution in [0.1, 0.15) is 29.9 Å². The van der Waals surface area contributed by atoms with Gasteiger partial charge in [0.2, 0.25) is 0 Å². The van der Waals surface area contributed by atoms with Crippen LogP contribution in [0.25, 0.3) is 5.69 Å². The Morgan fingerprint density at radius 2 is 1.89 bits per heavy atom. The summed E-state index contributed by atoms with van der Waals surface area (Å²) in [6.07, 6.45) is -4.90. The average Bonchev–Trinajstić information content (AvgIpc) is 2.55. The summed E-state index contributed by atoms with van der Waals surface area (Å²) in [5.41, 5.74) is -3.58. The summed E-state index contributed by atoms with van der Waals surface area (Å²) in [4.78, 5) is 27.4. The van der Waals surface area contributed by atoms with E-state index in [1.54, 1.807) is 0 Å². The summed E-state index contributed by atoms with van der Waals surface area (Å²) < 4.78 is 63.3. The molecular weight excluding hydrogens is 396 g/mol. The molecule has 1 aromatic carbocycles. The van der Waals surface area contributed by atoms with Crippen molar-refractivity contribution in [3.05, 3.63) is 50.7 Å². The highest BCUT2D eigenvalue weighted by Crippen LogP contribution is 2.30. The quantitative estimate of drug-likeness (QED) is 0.558. The molecule has 0 amide bonds. The summed E-state index contributed by atoms with van der Waals surface area (Å²) in [5, 5.41) is -0.291. The van der Waals surface area contributed by atoms with Gasteiger partial charge in [0.05, 0.1) is 29.5 Å². The standard InChI is InChI=1S/C16H13ClF4N2O4/c1-3-26-14(25)8-5-11(10(18)6-9(8)17)23-13(24)7-12(16(19,20)21)22-15(23)27-4-2/h5-7H,3-4H2,1-2H3. The molecule has 0 saturated carbocycles. The van der Waals surface area contributed by atoms with Crippen molar-refractivity contribution in [1.29, 1.82) is 0 Å². The van der Waals surface area contributed by atoms with Crippen LogP contribution in [0.2, 0.25) is 5.02 Å². The second-order valence-corrected chi connectivity index (χ2v) is 5.44. The van der Waals surface area contributed by atoms with Crippen molar-refractivity contribution in [2.24, 2.45) is 0 Å². The number of halogens is 5. The van der Waals surface area contributed by atoms with Gasteiger partial charge in [-0.15, -0.1) is 0 Å². The molecule has 0 spiro atoms. The number of esters is 1. The molecule has 6 nitrogen and oxygen atoms in total. The minimum Gasteiger partial charge on any atom is -0.465 e. The molecule has 2 rings (SSSR count). The number of hydrogen-bond donors (Lipinski definition) is 0. The van der Waals surface area contributed by atoms with E-state index in [2.05, 4.69) is 4.98 Å². The first-order valence-corrected chi connectivity index (χ1v) is 7.98. The van der Waals surface area contributed by atoms with E-state index >= 15 is 0 Å². The fraction of sp³-hybridized carbons (Fsp3) is 0.312. The highest BCUT2D eigenvalue weighted by molar-refractivity contribution is 6.33. The van der Waals surface area contributed by atoms with Gasteiger partial charge in [0, 0.05) is 6.07 Å². The lowest BCUT2D eigenvalue weighted by Gasteiger charge is -2.16. The maximum absolute atomic E-state index is 14.4. The largest absolute Gasteiger partial charge is 0.465 e. The molecule has 2 aromatic rings. The molecule has 0 saturated heterocycles. The van der Waals surface area contributed by atoms with Crippen LogP contribution in [-0.4, -0.2) is 28.7 Å². The molecule has 0 radical (unpaired) electrons. The van der Waals surface area contributed by atoms with Crippen LogP contribution in [-0.2, 0) is 10.9 Å². The normalized spacial score (nSPS) is 11.4. The van der Waals surface area contributed by atoms with Crippen molar-refractivity contribution in [3.8, 4) is 11.7 Å². The molecule has 0 aliphatic rings. The van der Waals surface area contributed by atoms with Gasteiger partial charge in [0.1, 0.15) is 5.82 Å². The number of nitrogens with zero attached hydrogens (tertiary/aromatic N) is 2. The number of carbonyl (C=O) groups excluding carboxylic acids is 1. The third kappa shape index (κ3) is 4.38. The summed E-state index contributed by atoms with van der Waals surface area (Å²) in [7, 11) is 0. The Kier molecular flexibility index (Phi) is 6.09. The van der Waals surface area contributed by atoms with E-state index in [-0.39, 0.29) is 29.9 Å². The zero-order valence-electron chi connectivity index (χ0n) is 14.1. The van der Waals surface area contributed by atoms with E-state index < -0.39 is 40.9 Å². The SMILES string of the molecule is CCOC(=O)c1cc(-n2c(OCC)nc(C(F)(F)F)cc2=O)c(F)cc1Cl. The molecule has 11 heteroatoms. The summed E-state index contributed by atoms with van der Waals surface area (Å²) in [6.45, 7) is 2.84. The highest BCUT2D eigenvalue weighted by Gasteiger charge is 2.35. The second kappa shape index (κ2) is 7.95. The topological polar surface area (TPSA) is 70.4 Å². The van der Waals surface area contributed by atoms with Gasteiger partial charge in [0.15, 0.2) is 5.69 Å². The zero-order chi connectivity index (χ0) is 20.4. The van der Waals surface area contributed by atoms with Crippen molar-refractivity contribution >= 4 is 17.6 Å². The Labute approximate surface area is 155 Å². The molecule has 1 aromatic heterocycles. The average molecular weight is 409 g/mol. The third-order valence-corrected chi connectivity index (χ3v) is 3.54. The minimum absolute atomic E-state index is 0.00779. The monoisotopic (exact) mass is 408 g/mol. The van der Waals surface area contributed by atoms with Crippen LogP contribution in [0, 0.1) is 5.82 Å². The molecular formula is C16H13ClF4N2O4. The van der Waals surface area contributed by atoms with Crippen LogP contribution in [0.4, 0.5) is 17.6 Å². The Balaban J connectivity index is 2.75. The molecule has 27 heavy (non-hydrogen) atoms. The fourth-order valence-corrected chi connectivity index (χ4v) is 2.36. The summed E-state index contributed by atoms with van der Waals surface area (Å²) in [6, 6.07) is 1.03. The molecule has 0 N–H and O–H groups in total. The van der Waals surface area contributed by atoms with E-state index in [9.17, 15) is 27.2 Å². The van der Waals surface area contributed by atoms with Gasteiger partial charge in [-0.1, -0.05) is 11.6 Å². The van der Waals surface area contributed by atoms with Crippen molar-refractivity contribution in [1.82, 2.24) is 9.55 Å². The predicted molar refractivity (Wildman–Crippen MR) is 86.9 cm³/mol. The Hall–Kier alpha value is -2.62. The van der Waals surface area contributed by atoms with Crippen LogP contribution < -0.4 is 10.3 Å². The molecule has 146 valence electrons. The lowest BCUT2D eigenvalue weighted by atomic mass is 10.2. The van der Waals surface area contributed by atoms with Gasteiger partial charge in [-0.2, -0.15) is 18.2 Å². The van der Waals surface area contributed by atoms with Gasteiger partial charge in [-0.25, -0.2) is 13.8 Å². The van der Waals surface area contributed by atoms with Crippen LogP contribution >= 0.6 is 11.6 Å². The first kappa shape index (κ1) is 20.7. The number of benzene rings is 1. The van der Waals surface area contributed by atoms with Crippen molar-refractivity contribution in [3.63, 3.8) is 0 Å². The number of rotatable bonds is 5. The number of hydrogen-bond acceptors (Lipinski definition) is 5. The summed E-state index contributed by atoms with van der Waals surface area (Å²) in [5.74, 6) is -1.97. The van der Waals surface area contributed by atoms with Gasteiger partial charge in [0.25, 0.3) is 5.56 Å². The Bertz CT molecular complexity index is 928.